The normalized spacial score (nSPS) is 11.2. The molecule has 0 fully saturated rings. The third kappa shape index (κ3) is 3.23. The van der Waals surface area contributed by atoms with Gasteiger partial charge in [0.2, 0.25) is 0 Å². The third-order valence-corrected chi connectivity index (χ3v) is 3.81. The van der Waals surface area contributed by atoms with E-state index in [0.29, 0.717) is 11.1 Å². The summed E-state index contributed by atoms with van der Waals surface area (Å²) in [5.74, 6) is -0.107. The highest BCUT2D eigenvalue weighted by atomic mass is 16.6. The molecule has 0 amide bonds. The molecular formula is C17H15N5O4. The summed E-state index contributed by atoms with van der Waals surface area (Å²) in [6.45, 7) is 0. The zero-order valence-electron chi connectivity index (χ0n) is 13.7. The molecule has 0 aromatic heterocycles. The zero-order chi connectivity index (χ0) is 18.8. The average Bonchev–Trinajstić information content (AvgIpc) is 2.61. The summed E-state index contributed by atoms with van der Waals surface area (Å²) < 4.78 is 0. The number of hydrogen-bond donors (Lipinski definition) is 3. The smallest absolute Gasteiger partial charge is 0.294 e. The van der Waals surface area contributed by atoms with Crippen LogP contribution in [0, 0.1) is 10.1 Å². The predicted molar refractivity (Wildman–Crippen MR) is 97.5 cm³/mol. The van der Waals surface area contributed by atoms with Gasteiger partial charge in [-0.2, -0.15) is 5.11 Å². The molecule has 0 aliphatic rings. The van der Waals surface area contributed by atoms with Crippen molar-refractivity contribution in [1.29, 1.82) is 0 Å². The van der Waals surface area contributed by atoms with Crippen molar-refractivity contribution in [2.45, 2.75) is 0 Å². The molecule has 0 heterocycles. The Bertz CT molecular complexity index is 1030. The number of rotatable bonds is 4. The zero-order valence-corrected chi connectivity index (χ0v) is 13.7. The Hall–Kier alpha value is -3.72. The van der Waals surface area contributed by atoms with Crippen LogP contribution in [-0.2, 0) is 0 Å². The van der Waals surface area contributed by atoms with Crippen molar-refractivity contribution in [3.05, 3.63) is 58.6 Å². The van der Waals surface area contributed by atoms with Gasteiger partial charge in [0.1, 0.15) is 17.1 Å². The van der Waals surface area contributed by atoms with Gasteiger partial charge in [0.15, 0.2) is 0 Å². The Balaban J connectivity index is 2.09. The molecule has 3 aromatic rings. The molecule has 0 saturated carbocycles. The van der Waals surface area contributed by atoms with E-state index in [0.717, 1.165) is 10.4 Å². The highest BCUT2D eigenvalue weighted by Gasteiger charge is 2.12. The molecule has 132 valence electrons. The number of phenolic OH excluding ortho intramolecular Hbond substituents is 1. The SMILES string of the molecule is CN(O)c1ccc2ccc(O)c(N=Nc3ccc(N)c([N+](=O)[O-])c3)c2c1. The van der Waals surface area contributed by atoms with Gasteiger partial charge in [-0.3, -0.25) is 20.4 Å². The number of hydroxylamine groups is 1. The Morgan fingerprint density at radius 3 is 2.54 bits per heavy atom. The summed E-state index contributed by atoms with van der Waals surface area (Å²) in [5, 5.41) is 41.0. The number of phenols is 1. The molecule has 0 unspecified atom stereocenters. The van der Waals surface area contributed by atoms with Crippen molar-refractivity contribution in [2.24, 2.45) is 10.2 Å². The highest BCUT2D eigenvalue weighted by Crippen LogP contribution is 2.38. The number of benzene rings is 3. The predicted octanol–water partition coefficient (Wildman–Crippen LogP) is 4.28. The lowest BCUT2D eigenvalue weighted by Gasteiger charge is -2.12. The molecule has 0 bridgehead atoms. The molecule has 3 aromatic carbocycles. The minimum Gasteiger partial charge on any atom is -0.506 e. The number of nitro groups is 1. The van der Waals surface area contributed by atoms with Gasteiger partial charge in [0.25, 0.3) is 5.69 Å². The van der Waals surface area contributed by atoms with E-state index in [1.807, 2.05) is 0 Å². The Kier molecular flexibility index (Phi) is 4.38. The average molecular weight is 353 g/mol. The van der Waals surface area contributed by atoms with E-state index in [4.69, 9.17) is 5.73 Å². The molecule has 26 heavy (non-hydrogen) atoms. The maximum atomic E-state index is 11.0. The maximum Gasteiger partial charge on any atom is 0.294 e. The summed E-state index contributed by atoms with van der Waals surface area (Å²) in [6.07, 6.45) is 0. The van der Waals surface area contributed by atoms with E-state index >= 15 is 0 Å². The van der Waals surface area contributed by atoms with Crippen molar-refractivity contribution < 1.29 is 15.2 Å². The van der Waals surface area contributed by atoms with Gasteiger partial charge in [0.05, 0.1) is 16.3 Å². The van der Waals surface area contributed by atoms with E-state index < -0.39 is 4.92 Å². The van der Waals surface area contributed by atoms with Crippen LogP contribution in [0.3, 0.4) is 0 Å². The molecular weight excluding hydrogens is 338 g/mol. The summed E-state index contributed by atoms with van der Waals surface area (Å²) in [4.78, 5) is 10.4. The first-order valence-corrected chi connectivity index (χ1v) is 7.51. The van der Waals surface area contributed by atoms with Crippen molar-refractivity contribution >= 4 is 39.2 Å². The quantitative estimate of drug-likeness (QED) is 0.277. The van der Waals surface area contributed by atoms with Crippen LogP contribution in [0.1, 0.15) is 0 Å². The van der Waals surface area contributed by atoms with Crippen LogP contribution in [0.4, 0.5) is 28.4 Å². The standard InChI is InChI=1S/C17H15N5O4/c1-21(24)12-5-2-10-3-7-16(23)17(13(10)9-12)20-19-11-4-6-14(18)15(8-11)22(25)26/h2-9,23-24H,18H2,1H3. The molecule has 0 atom stereocenters. The van der Waals surface area contributed by atoms with Crippen LogP contribution in [-0.4, -0.2) is 22.3 Å². The second-order valence-electron chi connectivity index (χ2n) is 5.56. The van der Waals surface area contributed by atoms with Crippen LogP contribution < -0.4 is 10.8 Å². The van der Waals surface area contributed by atoms with Crippen LogP contribution >= 0.6 is 0 Å². The second-order valence-corrected chi connectivity index (χ2v) is 5.56. The van der Waals surface area contributed by atoms with Crippen LogP contribution in [0.15, 0.2) is 58.8 Å². The number of aromatic hydroxyl groups is 1. The fourth-order valence-corrected chi connectivity index (χ4v) is 2.45. The molecule has 4 N–H and O–H groups in total. The van der Waals surface area contributed by atoms with Crippen LogP contribution in [0.25, 0.3) is 10.8 Å². The third-order valence-electron chi connectivity index (χ3n) is 3.81. The van der Waals surface area contributed by atoms with Crippen molar-refractivity contribution in [3.8, 4) is 5.75 Å². The summed E-state index contributed by atoms with van der Waals surface area (Å²) in [5.41, 5.74) is 6.22. The Morgan fingerprint density at radius 2 is 1.85 bits per heavy atom. The molecule has 0 spiro atoms. The Morgan fingerprint density at radius 1 is 1.12 bits per heavy atom. The minimum absolute atomic E-state index is 0.0255. The molecule has 9 heteroatoms. The number of hydrogen-bond acceptors (Lipinski definition) is 8. The van der Waals surface area contributed by atoms with E-state index in [2.05, 4.69) is 10.2 Å². The Labute approximate surface area is 147 Å². The fraction of sp³-hybridized carbons (Fsp3) is 0.0588. The number of nitrogens with zero attached hydrogens (tertiary/aromatic N) is 4. The van der Waals surface area contributed by atoms with Crippen LogP contribution in [0.5, 0.6) is 5.75 Å². The lowest BCUT2D eigenvalue weighted by molar-refractivity contribution is -0.383. The molecule has 0 saturated heterocycles. The van der Waals surface area contributed by atoms with E-state index in [-0.39, 0.29) is 28.5 Å². The fourth-order valence-electron chi connectivity index (χ4n) is 2.45. The van der Waals surface area contributed by atoms with Crippen LogP contribution in [0.2, 0.25) is 0 Å². The molecule has 0 aliphatic heterocycles. The molecule has 0 radical (unpaired) electrons. The molecule has 0 aliphatic carbocycles. The number of nitrogen functional groups attached to an aromatic ring is 1. The number of nitrogens with two attached hydrogens (primary N) is 1. The summed E-state index contributed by atoms with van der Waals surface area (Å²) in [6, 6.07) is 12.4. The van der Waals surface area contributed by atoms with Gasteiger partial charge in [0, 0.05) is 18.5 Å². The summed E-state index contributed by atoms with van der Waals surface area (Å²) in [7, 11) is 1.47. The first kappa shape index (κ1) is 17.1. The number of nitro benzene ring substituents is 1. The topological polar surface area (TPSA) is 138 Å². The number of azo groups is 1. The number of fused-ring (bicyclic) bond motifs is 1. The van der Waals surface area contributed by atoms with Crippen molar-refractivity contribution in [1.82, 2.24) is 0 Å². The molecule has 9 nitrogen and oxygen atoms in total. The first-order chi connectivity index (χ1) is 12.4. The van der Waals surface area contributed by atoms with Gasteiger partial charge >= 0.3 is 0 Å². The minimum atomic E-state index is -0.604. The lowest BCUT2D eigenvalue weighted by Crippen LogP contribution is -2.09. The first-order valence-electron chi connectivity index (χ1n) is 7.51. The number of anilines is 2. The summed E-state index contributed by atoms with van der Waals surface area (Å²) >= 11 is 0. The largest absolute Gasteiger partial charge is 0.506 e. The van der Waals surface area contributed by atoms with Crippen molar-refractivity contribution in [2.75, 3.05) is 17.8 Å². The second kappa shape index (κ2) is 6.65. The van der Waals surface area contributed by atoms with Gasteiger partial charge in [-0.05, 0) is 35.7 Å². The van der Waals surface area contributed by atoms with Gasteiger partial charge in [-0.25, -0.2) is 0 Å². The van der Waals surface area contributed by atoms with Gasteiger partial charge in [-0.15, -0.1) is 5.11 Å². The van der Waals surface area contributed by atoms with E-state index in [1.165, 1.54) is 31.3 Å². The van der Waals surface area contributed by atoms with Gasteiger partial charge in [-0.1, -0.05) is 12.1 Å². The maximum absolute atomic E-state index is 11.0. The van der Waals surface area contributed by atoms with E-state index in [9.17, 15) is 20.4 Å². The van der Waals surface area contributed by atoms with Crippen molar-refractivity contribution in [3.63, 3.8) is 0 Å². The van der Waals surface area contributed by atoms with E-state index in [1.54, 1.807) is 24.3 Å². The molecule has 3 rings (SSSR count). The van der Waals surface area contributed by atoms with Gasteiger partial charge < -0.3 is 10.8 Å². The monoisotopic (exact) mass is 353 g/mol. The lowest BCUT2D eigenvalue weighted by atomic mass is 10.1. The highest BCUT2D eigenvalue weighted by molar-refractivity contribution is 5.97.